The molecule has 12 heteroatoms. The predicted octanol–water partition coefficient (Wildman–Crippen LogP) is 2.20. The summed E-state index contributed by atoms with van der Waals surface area (Å²) in [6, 6.07) is 0. The van der Waals surface area contributed by atoms with Crippen LogP contribution in [0.4, 0.5) is 0 Å². The van der Waals surface area contributed by atoms with Crippen LogP contribution < -0.4 is 5.73 Å². The Morgan fingerprint density at radius 3 is 2.08 bits per heavy atom. The third-order valence-electron chi connectivity index (χ3n) is 3.20. The molecule has 10 nitrogen and oxygen atoms in total. The third-order valence-corrected chi connectivity index (χ3v) is 5.25. The topological polar surface area (TPSA) is 147 Å². The minimum absolute atomic E-state index is 0.0986. The fourth-order valence-electron chi connectivity index (χ4n) is 1.85. The summed E-state index contributed by atoms with van der Waals surface area (Å²) in [6.07, 6.45) is 2.98. The van der Waals surface area contributed by atoms with Crippen LogP contribution >= 0.6 is 15.6 Å². The van der Waals surface area contributed by atoms with Crippen LogP contribution in [-0.4, -0.2) is 56.5 Å². The van der Waals surface area contributed by atoms with Crippen molar-refractivity contribution in [3.8, 4) is 0 Å². The van der Waals surface area contributed by atoms with Crippen molar-refractivity contribution in [2.45, 2.75) is 44.6 Å². The van der Waals surface area contributed by atoms with Crippen molar-refractivity contribution in [2.75, 3.05) is 40.6 Å². The number of phosphoric ester groups is 2. The summed E-state index contributed by atoms with van der Waals surface area (Å²) in [5.41, 5.74) is 5.39. The monoisotopic (exact) mass is 407 g/mol. The highest BCUT2D eigenvalue weighted by molar-refractivity contribution is 7.47. The van der Waals surface area contributed by atoms with E-state index in [9.17, 15) is 14.0 Å². The molecule has 0 saturated carbocycles. The highest BCUT2D eigenvalue weighted by atomic mass is 31.2. The van der Waals surface area contributed by atoms with Crippen molar-refractivity contribution in [3.63, 3.8) is 0 Å². The molecule has 0 fully saturated rings. The summed E-state index contributed by atoms with van der Waals surface area (Å²) in [5, 5.41) is 0. The zero-order valence-corrected chi connectivity index (χ0v) is 16.7. The van der Waals surface area contributed by atoms with E-state index in [0.29, 0.717) is 19.4 Å². The van der Waals surface area contributed by atoms with E-state index in [-0.39, 0.29) is 26.2 Å². The molecule has 0 aliphatic rings. The number of methoxy groups -OCH3 is 1. The van der Waals surface area contributed by atoms with Crippen molar-refractivity contribution >= 4 is 15.6 Å². The van der Waals surface area contributed by atoms with Crippen LogP contribution in [0.25, 0.3) is 0 Å². The molecule has 0 spiro atoms. The lowest BCUT2D eigenvalue weighted by Gasteiger charge is -2.21. The summed E-state index contributed by atoms with van der Waals surface area (Å²) in [6.45, 7) is 0.816. The molecule has 0 amide bonds. The van der Waals surface area contributed by atoms with Crippen molar-refractivity contribution in [1.82, 2.24) is 0 Å². The van der Waals surface area contributed by atoms with Crippen LogP contribution in [0.1, 0.15) is 38.5 Å². The number of unbranched alkanes of at least 4 members (excludes halogenated alkanes) is 3. The number of hydrogen-bond acceptors (Lipinski definition) is 8. The standard InChI is InChI=1S/C13H31NO9P2/c1-19-11-7-13(8-12-22-24(15,16)20-2)23-25(17,18)21-10-6-4-3-5-9-14/h13H,3-12,14H2,1-2H3,(H,15,16)(H,17,18)/t13-/m1/s1. The number of phosphoric acid groups is 2. The van der Waals surface area contributed by atoms with Crippen LogP contribution in [0.15, 0.2) is 0 Å². The van der Waals surface area contributed by atoms with Crippen LogP contribution in [0.3, 0.4) is 0 Å². The van der Waals surface area contributed by atoms with Crippen LogP contribution in [0, 0.1) is 0 Å². The summed E-state index contributed by atoms with van der Waals surface area (Å²) in [7, 11) is -5.80. The van der Waals surface area contributed by atoms with Crippen molar-refractivity contribution in [2.24, 2.45) is 5.73 Å². The number of ether oxygens (including phenoxy) is 1. The number of rotatable bonds is 17. The van der Waals surface area contributed by atoms with E-state index in [1.165, 1.54) is 7.11 Å². The average Bonchev–Trinajstić information content (AvgIpc) is 2.55. The van der Waals surface area contributed by atoms with Crippen molar-refractivity contribution in [1.29, 1.82) is 0 Å². The van der Waals surface area contributed by atoms with Gasteiger partial charge in [0.1, 0.15) is 0 Å². The van der Waals surface area contributed by atoms with Gasteiger partial charge >= 0.3 is 15.6 Å². The van der Waals surface area contributed by atoms with Gasteiger partial charge in [0.05, 0.1) is 19.3 Å². The minimum Gasteiger partial charge on any atom is -0.385 e. The summed E-state index contributed by atoms with van der Waals surface area (Å²) in [4.78, 5) is 18.9. The Bertz CT molecular complexity index is 424. The van der Waals surface area contributed by atoms with Gasteiger partial charge in [0, 0.05) is 20.8 Å². The molecule has 0 bridgehead atoms. The van der Waals surface area contributed by atoms with Crippen LogP contribution in [0.2, 0.25) is 0 Å². The van der Waals surface area contributed by atoms with Gasteiger partial charge in [-0.3, -0.25) is 18.1 Å². The molecule has 0 heterocycles. The van der Waals surface area contributed by atoms with Gasteiger partial charge in [-0.1, -0.05) is 12.8 Å². The maximum absolute atomic E-state index is 12.0. The van der Waals surface area contributed by atoms with E-state index in [4.69, 9.17) is 24.4 Å². The smallest absolute Gasteiger partial charge is 0.385 e. The molecule has 0 radical (unpaired) electrons. The zero-order valence-electron chi connectivity index (χ0n) is 14.9. The number of hydrogen-bond donors (Lipinski definition) is 3. The van der Waals surface area contributed by atoms with E-state index in [1.54, 1.807) is 0 Å². The molecule has 25 heavy (non-hydrogen) atoms. The molecule has 2 unspecified atom stereocenters. The Labute approximate surface area is 149 Å². The first-order chi connectivity index (χ1) is 11.8. The summed E-state index contributed by atoms with van der Waals surface area (Å²) >= 11 is 0. The van der Waals surface area contributed by atoms with E-state index in [2.05, 4.69) is 9.05 Å². The van der Waals surface area contributed by atoms with E-state index < -0.39 is 21.7 Å². The van der Waals surface area contributed by atoms with E-state index in [1.807, 2.05) is 0 Å². The lowest BCUT2D eigenvalue weighted by atomic mass is 10.2. The second kappa shape index (κ2) is 14.2. The SMILES string of the molecule is COCC[C@H](CCOP(=O)(O)OC)OP(=O)(O)OCCCCCCN. The quantitative estimate of drug-likeness (QED) is 0.242. The van der Waals surface area contributed by atoms with Gasteiger partial charge in [-0.2, -0.15) is 0 Å². The fourth-order valence-corrected chi connectivity index (χ4v) is 3.30. The third kappa shape index (κ3) is 14.9. The Kier molecular flexibility index (Phi) is 14.3. The highest BCUT2D eigenvalue weighted by Gasteiger charge is 2.27. The van der Waals surface area contributed by atoms with Gasteiger partial charge in [0.25, 0.3) is 0 Å². The molecule has 0 aromatic heterocycles. The largest absolute Gasteiger partial charge is 0.472 e. The molecule has 0 aliphatic carbocycles. The second-order valence-electron chi connectivity index (χ2n) is 5.29. The molecule has 3 atom stereocenters. The molecule has 4 N–H and O–H groups in total. The number of nitrogens with two attached hydrogens (primary N) is 1. The molecular formula is C13H31NO9P2. The van der Waals surface area contributed by atoms with Crippen molar-refractivity contribution < 1.29 is 41.7 Å². The van der Waals surface area contributed by atoms with E-state index >= 15 is 0 Å². The normalized spacial score (nSPS) is 17.8. The van der Waals surface area contributed by atoms with Gasteiger partial charge in [0.2, 0.25) is 0 Å². The molecule has 0 rings (SSSR count). The lowest BCUT2D eigenvalue weighted by molar-refractivity contribution is 0.0612. The summed E-state index contributed by atoms with van der Waals surface area (Å²) in [5.74, 6) is 0. The fraction of sp³-hybridized carbons (Fsp3) is 1.00. The van der Waals surface area contributed by atoms with Crippen LogP contribution in [-0.2, 0) is 32.0 Å². The molecule has 152 valence electrons. The van der Waals surface area contributed by atoms with Gasteiger partial charge in [-0.25, -0.2) is 9.13 Å². The maximum atomic E-state index is 12.0. The van der Waals surface area contributed by atoms with Crippen LogP contribution in [0.5, 0.6) is 0 Å². The van der Waals surface area contributed by atoms with Gasteiger partial charge in [0.15, 0.2) is 0 Å². The first kappa shape index (κ1) is 25.1. The Morgan fingerprint density at radius 2 is 1.48 bits per heavy atom. The minimum atomic E-state index is -4.23. The van der Waals surface area contributed by atoms with Gasteiger partial charge < -0.3 is 20.3 Å². The highest BCUT2D eigenvalue weighted by Crippen LogP contribution is 2.46. The average molecular weight is 407 g/mol. The first-order valence-corrected chi connectivity index (χ1v) is 11.1. The van der Waals surface area contributed by atoms with Gasteiger partial charge in [-0.15, -0.1) is 0 Å². The Hall–Kier alpha value is 0.140. The molecule has 0 saturated heterocycles. The molecule has 0 aromatic rings. The predicted molar refractivity (Wildman–Crippen MR) is 92.1 cm³/mol. The zero-order chi connectivity index (χ0) is 19.2. The Balaban J connectivity index is 4.27. The Morgan fingerprint density at radius 1 is 0.880 bits per heavy atom. The molecule has 0 aromatic carbocycles. The molecule has 0 aliphatic heterocycles. The summed E-state index contributed by atoms with van der Waals surface area (Å²) < 4.78 is 47.1. The van der Waals surface area contributed by atoms with Crippen molar-refractivity contribution in [3.05, 3.63) is 0 Å². The van der Waals surface area contributed by atoms with E-state index in [0.717, 1.165) is 26.4 Å². The second-order valence-corrected chi connectivity index (χ2v) is 8.25. The van der Waals surface area contributed by atoms with Gasteiger partial charge in [-0.05, 0) is 32.2 Å². The molecular weight excluding hydrogens is 376 g/mol. The first-order valence-electron chi connectivity index (χ1n) is 8.14. The maximum Gasteiger partial charge on any atom is 0.472 e. The lowest BCUT2D eigenvalue weighted by Crippen LogP contribution is -2.17.